The molecule has 11 heteroatoms. The maximum Gasteiger partial charge on any atom is 0.449 e. The van der Waals surface area contributed by atoms with Gasteiger partial charge in [0.2, 0.25) is 5.82 Å². The van der Waals surface area contributed by atoms with Crippen LogP contribution in [0.3, 0.4) is 0 Å². The number of esters is 1. The number of anilines is 1. The molecule has 0 aliphatic heterocycles. The van der Waals surface area contributed by atoms with Crippen LogP contribution in [0.5, 0.6) is 5.75 Å². The summed E-state index contributed by atoms with van der Waals surface area (Å²) < 4.78 is 44.8. The fourth-order valence-electron chi connectivity index (χ4n) is 2.38. The molecule has 0 aliphatic carbocycles. The lowest BCUT2D eigenvalue weighted by atomic mass is 10.2. The van der Waals surface area contributed by atoms with Gasteiger partial charge in [0.25, 0.3) is 5.91 Å². The number of alkyl halides is 3. The van der Waals surface area contributed by atoms with E-state index in [9.17, 15) is 22.8 Å². The maximum atomic E-state index is 12.9. The number of halogens is 3. The molecule has 0 saturated heterocycles. The number of carbonyl (C=O) groups is 2. The van der Waals surface area contributed by atoms with Crippen LogP contribution < -0.4 is 10.1 Å². The van der Waals surface area contributed by atoms with Crippen LogP contribution in [0.2, 0.25) is 0 Å². The largest absolute Gasteiger partial charge is 0.449 e. The van der Waals surface area contributed by atoms with E-state index >= 15 is 0 Å². The summed E-state index contributed by atoms with van der Waals surface area (Å²) in [6.45, 7) is 1.58. The molecule has 2 heterocycles. The third-order valence-electron chi connectivity index (χ3n) is 3.73. The number of imidazole rings is 1. The predicted octanol–water partition coefficient (Wildman–Crippen LogP) is 3.18. The van der Waals surface area contributed by atoms with Crippen molar-refractivity contribution >= 4 is 17.7 Å². The van der Waals surface area contributed by atoms with E-state index in [2.05, 4.69) is 20.3 Å². The van der Waals surface area contributed by atoms with Crippen molar-refractivity contribution in [2.45, 2.75) is 19.6 Å². The SMILES string of the molecule is CCn1cc(NC(=O)c2ccc(OC(=O)c3ccncn3)cc2)nc1C(F)(F)F. The van der Waals surface area contributed by atoms with Gasteiger partial charge in [-0.15, -0.1) is 0 Å². The van der Waals surface area contributed by atoms with Gasteiger partial charge in [0.15, 0.2) is 11.5 Å². The molecule has 2 aromatic heterocycles. The van der Waals surface area contributed by atoms with Crippen molar-refractivity contribution in [2.75, 3.05) is 5.32 Å². The van der Waals surface area contributed by atoms with E-state index in [1.165, 1.54) is 49.8 Å². The Morgan fingerprint density at radius 3 is 2.45 bits per heavy atom. The summed E-state index contributed by atoms with van der Waals surface area (Å²) in [7, 11) is 0. The van der Waals surface area contributed by atoms with Crippen LogP contribution in [-0.2, 0) is 12.7 Å². The smallest absolute Gasteiger partial charge is 0.422 e. The Kier molecular flexibility index (Phi) is 5.57. The Bertz CT molecular complexity index is 1020. The molecule has 0 radical (unpaired) electrons. The molecule has 0 aliphatic rings. The van der Waals surface area contributed by atoms with Gasteiger partial charge in [-0.3, -0.25) is 4.79 Å². The van der Waals surface area contributed by atoms with Crippen molar-refractivity contribution in [2.24, 2.45) is 0 Å². The lowest BCUT2D eigenvalue weighted by Gasteiger charge is -2.06. The van der Waals surface area contributed by atoms with Crippen LogP contribution in [0, 0.1) is 0 Å². The van der Waals surface area contributed by atoms with Gasteiger partial charge in [0.1, 0.15) is 12.1 Å². The van der Waals surface area contributed by atoms with E-state index in [1.54, 1.807) is 0 Å². The fraction of sp³-hybridized carbons (Fsp3) is 0.167. The van der Waals surface area contributed by atoms with Gasteiger partial charge in [0.05, 0.1) is 0 Å². The molecule has 0 bridgehead atoms. The zero-order valence-corrected chi connectivity index (χ0v) is 15.0. The van der Waals surface area contributed by atoms with Crippen LogP contribution in [0.1, 0.15) is 33.6 Å². The number of rotatable bonds is 5. The molecule has 1 amide bonds. The molecule has 8 nitrogen and oxygen atoms in total. The summed E-state index contributed by atoms with van der Waals surface area (Å²) in [6.07, 6.45) is -0.929. The zero-order chi connectivity index (χ0) is 21.0. The zero-order valence-electron chi connectivity index (χ0n) is 15.0. The molecular weight excluding hydrogens is 391 g/mol. The summed E-state index contributed by atoms with van der Waals surface area (Å²) in [4.78, 5) is 35.1. The molecule has 3 rings (SSSR count). The normalized spacial score (nSPS) is 11.2. The average Bonchev–Trinajstić information content (AvgIpc) is 3.12. The first-order valence-electron chi connectivity index (χ1n) is 8.32. The van der Waals surface area contributed by atoms with Gasteiger partial charge in [-0.05, 0) is 37.3 Å². The Morgan fingerprint density at radius 1 is 1.17 bits per heavy atom. The van der Waals surface area contributed by atoms with Crippen LogP contribution >= 0.6 is 0 Å². The standard InChI is InChI=1S/C18H14F3N5O3/c1-2-26-9-14(25-17(26)18(19,20)21)24-15(27)11-3-5-12(6-4-11)29-16(28)13-7-8-22-10-23-13/h3-10H,2H2,1H3,(H,24,27). The minimum atomic E-state index is -4.63. The highest BCUT2D eigenvalue weighted by molar-refractivity contribution is 6.03. The molecule has 1 N–H and O–H groups in total. The van der Waals surface area contributed by atoms with Gasteiger partial charge >= 0.3 is 12.1 Å². The number of hydrogen-bond donors (Lipinski definition) is 1. The summed E-state index contributed by atoms with van der Waals surface area (Å²) >= 11 is 0. The Hall–Kier alpha value is -3.76. The summed E-state index contributed by atoms with van der Waals surface area (Å²) in [6, 6.07) is 6.85. The molecule has 29 heavy (non-hydrogen) atoms. The highest BCUT2D eigenvalue weighted by Crippen LogP contribution is 2.29. The number of hydrogen-bond acceptors (Lipinski definition) is 6. The quantitative estimate of drug-likeness (QED) is 0.517. The van der Waals surface area contributed by atoms with E-state index in [0.717, 1.165) is 10.8 Å². The second-order valence-corrected chi connectivity index (χ2v) is 5.70. The van der Waals surface area contributed by atoms with Crippen LogP contribution in [0.15, 0.2) is 49.1 Å². The van der Waals surface area contributed by atoms with Crippen molar-refractivity contribution in [1.82, 2.24) is 19.5 Å². The number of ether oxygens (including phenoxy) is 1. The van der Waals surface area contributed by atoms with E-state index in [1.807, 2.05) is 0 Å². The topological polar surface area (TPSA) is 99.0 Å². The van der Waals surface area contributed by atoms with Crippen molar-refractivity contribution < 1.29 is 27.5 Å². The Balaban J connectivity index is 1.68. The molecule has 0 atom stereocenters. The molecule has 3 aromatic rings. The van der Waals surface area contributed by atoms with Gasteiger partial charge in [0, 0.05) is 24.5 Å². The predicted molar refractivity (Wildman–Crippen MR) is 94.3 cm³/mol. The number of benzene rings is 1. The van der Waals surface area contributed by atoms with Crippen molar-refractivity contribution in [3.63, 3.8) is 0 Å². The molecule has 0 spiro atoms. The second kappa shape index (κ2) is 8.09. The number of amides is 1. The minimum absolute atomic E-state index is 0.0457. The van der Waals surface area contributed by atoms with Crippen molar-refractivity contribution in [3.05, 3.63) is 66.1 Å². The van der Waals surface area contributed by atoms with E-state index < -0.39 is 23.9 Å². The van der Waals surface area contributed by atoms with Crippen LogP contribution in [0.25, 0.3) is 0 Å². The molecular formula is C18H14F3N5O3. The highest BCUT2D eigenvalue weighted by Gasteiger charge is 2.37. The first kappa shape index (κ1) is 20.0. The molecule has 0 fully saturated rings. The third-order valence-corrected chi connectivity index (χ3v) is 3.73. The number of nitrogens with zero attached hydrogens (tertiary/aromatic N) is 4. The monoisotopic (exact) mass is 405 g/mol. The van der Waals surface area contributed by atoms with E-state index in [4.69, 9.17) is 4.74 Å². The molecule has 0 unspecified atom stereocenters. The summed E-state index contributed by atoms with van der Waals surface area (Å²) in [5.41, 5.74) is 0.209. The molecule has 150 valence electrons. The first-order chi connectivity index (χ1) is 13.8. The van der Waals surface area contributed by atoms with Crippen LogP contribution in [-0.4, -0.2) is 31.4 Å². The Morgan fingerprint density at radius 2 is 1.90 bits per heavy atom. The summed E-state index contributed by atoms with van der Waals surface area (Å²) in [5.74, 6) is -2.51. The number of nitrogens with one attached hydrogen (secondary N) is 1. The van der Waals surface area contributed by atoms with Crippen molar-refractivity contribution in [1.29, 1.82) is 0 Å². The van der Waals surface area contributed by atoms with E-state index in [-0.39, 0.29) is 29.4 Å². The van der Waals surface area contributed by atoms with Crippen molar-refractivity contribution in [3.8, 4) is 5.75 Å². The van der Waals surface area contributed by atoms with Gasteiger partial charge in [-0.1, -0.05) is 0 Å². The number of carbonyl (C=O) groups excluding carboxylic acids is 2. The minimum Gasteiger partial charge on any atom is -0.422 e. The summed E-state index contributed by atoms with van der Waals surface area (Å²) in [5, 5.41) is 2.32. The van der Waals surface area contributed by atoms with E-state index in [0.29, 0.717) is 0 Å². The molecule has 1 aromatic carbocycles. The lowest BCUT2D eigenvalue weighted by Crippen LogP contribution is -2.14. The fourth-order valence-corrected chi connectivity index (χ4v) is 2.38. The Labute approximate surface area is 162 Å². The van der Waals surface area contributed by atoms with Gasteiger partial charge < -0.3 is 14.6 Å². The average molecular weight is 405 g/mol. The lowest BCUT2D eigenvalue weighted by molar-refractivity contribution is -0.147. The van der Waals surface area contributed by atoms with Gasteiger partial charge in [-0.25, -0.2) is 19.7 Å². The van der Waals surface area contributed by atoms with Crippen LogP contribution in [0.4, 0.5) is 19.0 Å². The number of aryl methyl sites for hydroxylation is 1. The highest BCUT2D eigenvalue weighted by atomic mass is 19.4. The second-order valence-electron chi connectivity index (χ2n) is 5.70. The maximum absolute atomic E-state index is 12.9. The van der Waals surface area contributed by atoms with Gasteiger partial charge in [-0.2, -0.15) is 13.2 Å². The number of aromatic nitrogens is 4. The third kappa shape index (κ3) is 4.75. The molecule has 0 saturated carbocycles. The first-order valence-corrected chi connectivity index (χ1v) is 8.32.